The van der Waals surface area contributed by atoms with Crippen LogP contribution in [0.2, 0.25) is 0 Å². The molecule has 2 aromatic carbocycles. The van der Waals surface area contributed by atoms with Gasteiger partial charge in [0.2, 0.25) is 0 Å². The van der Waals surface area contributed by atoms with Crippen molar-refractivity contribution in [3.63, 3.8) is 0 Å². The molecule has 3 rings (SSSR count). The molecule has 4 nitrogen and oxygen atoms in total. The maximum Gasteiger partial charge on any atom is 0.330 e. The molecule has 1 N–H and O–H groups in total. The average Bonchev–Trinajstić information content (AvgIpc) is 2.89. The zero-order chi connectivity index (χ0) is 13.9. The highest BCUT2D eigenvalue weighted by atomic mass is 16.4. The highest BCUT2D eigenvalue weighted by Gasteiger charge is 2.10. The molecule has 20 heavy (non-hydrogen) atoms. The Bertz CT molecular complexity index is 788. The lowest BCUT2D eigenvalue weighted by atomic mass is 10.1. The normalized spacial score (nSPS) is 11.7. The summed E-state index contributed by atoms with van der Waals surface area (Å²) in [6.07, 6.45) is 2.84. The summed E-state index contributed by atoms with van der Waals surface area (Å²) in [5.74, 6) is -0.985. The van der Waals surface area contributed by atoms with Crippen LogP contribution in [0.25, 0.3) is 16.7 Å². The Balaban J connectivity index is 2.23. The van der Waals surface area contributed by atoms with Crippen molar-refractivity contribution in [2.24, 2.45) is 0 Å². The summed E-state index contributed by atoms with van der Waals surface area (Å²) in [6, 6.07) is 17.0. The number of carboxylic acid groups (broad SMARTS) is 1. The fourth-order valence-corrected chi connectivity index (χ4v) is 2.17. The summed E-state index contributed by atoms with van der Waals surface area (Å²) in [7, 11) is 0. The third-order valence-corrected chi connectivity index (χ3v) is 3.04. The molecule has 0 atom stereocenters. The van der Waals surface area contributed by atoms with E-state index in [1.165, 1.54) is 6.08 Å². The van der Waals surface area contributed by atoms with Crippen molar-refractivity contribution in [1.82, 2.24) is 9.55 Å². The van der Waals surface area contributed by atoms with Gasteiger partial charge in [-0.1, -0.05) is 42.5 Å². The van der Waals surface area contributed by atoms with Crippen LogP contribution >= 0.6 is 0 Å². The molecule has 0 aliphatic heterocycles. The van der Waals surface area contributed by atoms with Gasteiger partial charge in [-0.05, 0) is 17.7 Å². The number of aliphatic carboxylic acids is 1. The average molecular weight is 264 g/mol. The van der Waals surface area contributed by atoms with Crippen LogP contribution in [0, 0.1) is 0 Å². The first-order chi connectivity index (χ1) is 9.75. The summed E-state index contributed by atoms with van der Waals surface area (Å²) in [4.78, 5) is 15.4. The fourth-order valence-electron chi connectivity index (χ4n) is 2.17. The van der Waals surface area contributed by atoms with Gasteiger partial charge in [0.25, 0.3) is 0 Å². The van der Waals surface area contributed by atoms with Crippen LogP contribution < -0.4 is 0 Å². The van der Waals surface area contributed by atoms with Gasteiger partial charge >= 0.3 is 5.97 Å². The molecule has 0 aliphatic rings. The fraction of sp³-hybridized carbons (Fsp3) is 0. The van der Waals surface area contributed by atoms with Crippen LogP contribution in [-0.2, 0) is 4.79 Å². The zero-order valence-corrected chi connectivity index (χ0v) is 10.6. The number of para-hydroxylation sites is 2. The van der Waals surface area contributed by atoms with Gasteiger partial charge in [-0.2, -0.15) is 0 Å². The lowest BCUT2D eigenvalue weighted by molar-refractivity contribution is -0.131. The van der Waals surface area contributed by atoms with E-state index >= 15 is 0 Å². The van der Waals surface area contributed by atoms with Crippen molar-refractivity contribution in [2.75, 3.05) is 0 Å². The standard InChI is InChI=1S/C16H12N2O2/c19-16(20)10-15(12-6-2-1-3-7-12)18-11-17-13-8-4-5-9-14(13)18/h1-11H,(H,19,20). The molecule has 1 aromatic heterocycles. The predicted molar refractivity (Wildman–Crippen MR) is 77.2 cm³/mol. The summed E-state index contributed by atoms with van der Waals surface area (Å²) in [5.41, 5.74) is 3.13. The molecule has 98 valence electrons. The molecule has 0 aliphatic carbocycles. The Morgan fingerprint density at radius 2 is 1.75 bits per heavy atom. The number of nitrogens with zero attached hydrogens (tertiary/aromatic N) is 2. The van der Waals surface area contributed by atoms with E-state index in [0.29, 0.717) is 5.70 Å². The van der Waals surface area contributed by atoms with Crippen molar-refractivity contribution in [3.8, 4) is 0 Å². The summed E-state index contributed by atoms with van der Waals surface area (Å²) in [6.45, 7) is 0. The van der Waals surface area contributed by atoms with Gasteiger partial charge in [-0.3, -0.25) is 4.57 Å². The summed E-state index contributed by atoms with van der Waals surface area (Å²) in [5, 5.41) is 9.11. The highest BCUT2D eigenvalue weighted by Crippen LogP contribution is 2.22. The molecule has 4 heteroatoms. The SMILES string of the molecule is O=C(O)C=C(c1ccccc1)n1cnc2ccccc21. The van der Waals surface area contributed by atoms with Gasteiger partial charge in [0, 0.05) is 6.08 Å². The minimum atomic E-state index is -0.985. The van der Waals surface area contributed by atoms with E-state index in [9.17, 15) is 4.79 Å². The molecule has 3 aromatic rings. The van der Waals surface area contributed by atoms with Crippen molar-refractivity contribution in [1.29, 1.82) is 0 Å². The third kappa shape index (κ3) is 2.19. The van der Waals surface area contributed by atoms with Crippen LogP contribution in [0.4, 0.5) is 0 Å². The lowest BCUT2D eigenvalue weighted by Crippen LogP contribution is -2.01. The number of hydrogen-bond acceptors (Lipinski definition) is 2. The van der Waals surface area contributed by atoms with E-state index in [0.717, 1.165) is 16.6 Å². The van der Waals surface area contributed by atoms with Gasteiger partial charge in [0.1, 0.15) is 6.33 Å². The highest BCUT2D eigenvalue weighted by molar-refractivity contribution is 5.92. The van der Waals surface area contributed by atoms with Crippen LogP contribution in [0.5, 0.6) is 0 Å². The minimum Gasteiger partial charge on any atom is -0.478 e. The Morgan fingerprint density at radius 3 is 2.50 bits per heavy atom. The molecule has 1 heterocycles. The largest absolute Gasteiger partial charge is 0.478 e. The first kappa shape index (κ1) is 12.2. The smallest absolute Gasteiger partial charge is 0.330 e. The van der Waals surface area contributed by atoms with Gasteiger partial charge in [-0.15, -0.1) is 0 Å². The summed E-state index contributed by atoms with van der Waals surface area (Å²) >= 11 is 0. The van der Waals surface area contributed by atoms with Gasteiger partial charge < -0.3 is 5.11 Å². The zero-order valence-electron chi connectivity index (χ0n) is 10.6. The van der Waals surface area contributed by atoms with Gasteiger partial charge in [0.05, 0.1) is 16.7 Å². The second-order valence-corrected chi connectivity index (χ2v) is 4.34. The van der Waals surface area contributed by atoms with Crippen molar-refractivity contribution in [2.45, 2.75) is 0 Å². The second-order valence-electron chi connectivity index (χ2n) is 4.34. The van der Waals surface area contributed by atoms with E-state index in [4.69, 9.17) is 5.11 Å². The monoisotopic (exact) mass is 264 g/mol. The molecule has 0 amide bonds. The Morgan fingerprint density at radius 1 is 1.05 bits per heavy atom. The Kier molecular flexibility index (Phi) is 3.05. The van der Waals surface area contributed by atoms with Crippen molar-refractivity contribution < 1.29 is 9.90 Å². The number of fused-ring (bicyclic) bond motifs is 1. The predicted octanol–water partition coefficient (Wildman–Crippen LogP) is 3.01. The number of carbonyl (C=O) groups is 1. The molecule has 0 spiro atoms. The lowest BCUT2D eigenvalue weighted by Gasteiger charge is -2.09. The van der Waals surface area contributed by atoms with Crippen molar-refractivity contribution in [3.05, 3.63) is 72.6 Å². The molecule has 0 saturated heterocycles. The first-order valence-electron chi connectivity index (χ1n) is 6.18. The molecule has 0 bridgehead atoms. The topological polar surface area (TPSA) is 55.1 Å². The number of hydrogen-bond donors (Lipinski definition) is 1. The molecule has 0 saturated carbocycles. The van der Waals surface area contributed by atoms with E-state index in [1.807, 2.05) is 54.6 Å². The van der Waals surface area contributed by atoms with Crippen LogP contribution in [-0.4, -0.2) is 20.6 Å². The molecule has 0 unspecified atom stereocenters. The van der Waals surface area contributed by atoms with E-state index in [2.05, 4.69) is 4.98 Å². The van der Waals surface area contributed by atoms with Gasteiger partial charge in [0.15, 0.2) is 0 Å². The quantitative estimate of drug-likeness (QED) is 0.740. The maximum atomic E-state index is 11.1. The third-order valence-electron chi connectivity index (χ3n) is 3.04. The van der Waals surface area contributed by atoms with Crippen LogP contribution in [0.3, 0.4) is 0 Å². The maximum absolute atomic E-state index is 11.1. The molecule has 0 radical (unpaired) electrons. The second kappa shape index (κ2) is 5.01. The number of imidazole rings is 1. The van der Waals surface area contributed by atoms with E-state index in [1.54, 1.807) is 10.9 Å². The first-order valence-corrected chi connectivity index (χ1v) is 6.18. The number of benzene rings is 2. The summed E-state index contributed by atoms with van der Waals surface area (Å²) < 4.78 is 1.79. The minimum absolute atomic E-state index is 0.590. The van der Waals surface area contributed by atoms with Crippen LogP contribution in [0.1, 0.15) is 5.56 Å². The van der Waals surface area contributed by atoms with Crippen LogP contribution in [0.15, 0.2) is 67.0 Å². The van der Waals surface area contributed by atoms with E-state index < -0.39 is 5.97 Å². The Hall–Kier alpha value is -2.88. The number of rotatable bonds is 3. The molecule has 0 fully saturated rings. The van der Waals surface area contributed by atoms with E-state index in [-0.39, 0.29) is 0 Å². The molecular weight excluding hydrogens is 252 g/mol. The number of carboxylic acids is 1. The molecular formula is C16H12N2O2. The Labute approximate surface area is 115 Å². The number of aromatic nitrogens is 2. The van der Waals surface area contributed by atoms with Crippen molar-refractivity contribution >= 4 is 22.7 Å². The van der Waals surface area contributed by atoms with Gasteiger partial charge in [-0.25, -0.2) is 9.78 Å².